The van der Waals surface area contributed by atoms with Crippen molar-refractivity contribution in [2.75, 3.05) is 27.3 Å². The lowest BCUT2D eigenvalue weighted by Gasteiger charge is -2.38. The van der Waals surface area contributed by atoms with Gasteiger partial charge in [0.15, 0.2) is 9.84 Å². The normalized spacial score (nSPS) is 17.4. The van der Waals surface area contributed by atoms with Crippen LogP contribution in [0, 0.1) is 11.2 Å². The monoisotopic (exact) mass is 495 g/mol. The minimum atomic E-state index is -3.88. The first-order valence-electron chi connectivity index (χ1n) is 10.9. The summed E-state index contributed by atoms with van der Waals surface area (Å²) in [6.45, 7) is 6.16. The van der Waals surface area contributed by atoms with Crippen LogP contribution in [0.4, 0.5) is 4.39 Å². The smallest absolute Gasteiger partial charge is 0.230 e. The second-order valence-electron chi connectivity index (χ2n) is 9.83. The van der Waals surface area contributed by atoms with E-state index in [-0.39, 0.29) is 42.4 Å². The summed E-state index contributed by atoms with van der Waals surface area (Å²) in [5, 5.41) is 0.434. The van der Waals surface area contributed by atoms with Crippen molar-refractivity contribution < 1.29 is 22.3 Å². The molecule has 0 N–H and O–H groups in total. The minimum Gasteiger partial charge on any atom is -0.381 e. The molecule has 0 saturated carbocycles. The van der Waals surface area contributed by atoms with Gasteiger partial charge >= 0.3 is 0 Å². The maximum atomic E-state index is 15.6. The molecule has 0 bridgehead atoms. The fourth-order valence-electron chi connectivity index (χ4n) is 4.53. The fraction of sp³-hybridized carbons (Fsp3) is 0.480. The van der Waals surface area contributed by atoms with E-state index in [1.807, 2.05) is 20.8 Å². The van der Waals surface area contributed by atoms with Gasteiger partial charge in [0.2, 0.25) is 5.91 Å². The third-order valence-electron chi connectivity index (χ3n) is 6.33. The summed E-state index contributed by atoms with van der Waals surface area (Å²) in [6.07, 6.45) is 0.409. The molecule has 1 aliphatic rings. The summed E-state index contributed by atoms with van der Waals surface area (Å²) in [7, 11) is -0.598. The van der Waals surface area contributed by atoms with Crippen LogP contribution in [0.1, 0.15) is 50.7 Å². The third-order valence-corrected chi connectivity index (χ3v) is 9.15. The van der Waals surface area contributed by atoms with E-state index in [1.165, 1.54) is 35.2 Å². The highest BCUT2D eigenvalue weighted by atomic mass is 35.5. The number of sulfone groups is 1. The second kappa shape index (κ2) is 9.35. The van der Waals surface area contributed by atoms with Crippen LogP contribution in [0.2, 0.25) is 5.02 Å². The Kier molecular flexibility index (Phi) is 7.27. The average Bonchev–Trinajstić information content (AvgIpc) is 2.74. The van der Waals surface area contributed by atoms with Crippen LogP contribution in [0.15, 0.2) is 47.4 Å². The number of halogens is 2. The Morgan fingerprint density at radius 1 is 1.09 bits per heavy atom. The zero-order chi connectivity index (χ0) is 24.6. The number of ether oxygens (including phenoxy) is 1. The first-order valence-corrected chi connectivity index (χ1v) is 12.8. The van der Waals surface area contributed by atoms with Gasteiger partial charge in [-0.25, -0.2) is 12.8 Å². The topological polar surface area (TPSA) is 63.7 Å². The Balaban J connectivity index is 2.15. The van der Waals surface area contributed by atoms with Gasteiger partial charge in [0, 0.05) is 37.9 Å². The SMILES string of the molecule is CN(C)C(=O)C(c1ccc(C2(S(=O)(=O)c3ccc(Cl)cc3)CCOCC2)cc1F)C(C)(C)C. The zero-order valence-electron chi connectivity index (χ0n) is 19.7. The number of hydrogen-bond acceptors (Lipinski definition) is 4. The fourth-order valence-corrected chi connectivity index (χ4v) is 6.74. The van der Waals surface area contributed by atoms with E-state index in [4.69, 9.17) is 16.3 Å². The van der Waals surface area contributed by atoms with Gasteiger partial charge in [-0.2, -0.15) is 0 Å². The number of benzene rings is 2. The standard InChI is InChI=1S/C25H31ClFNO4S/c1-24(2,3)22(23(29)28(4)5)20-11-6-17(16-21(20)27)25(12-14-32-15-13-25)33(30,31)19-9-7-18(26)8-10-19/h6-11,16,22H,12-15H2,1-5H3. The molecule has 180 valence electrons. The van der Waals surface area contributed by atoms with Crippen LogP contribution in [0.3, 0.4) is 0 Å². The number of likely N-dealkylation sites (N-methyl/N-ethyl adjacent to an activating group) is 1. The first kappa shape index (κ1) is 25.7. The molecule has 3 rings (SSSR count). The van der Waals surface area contributed by atoms with Crippen LogP contribution in [-0.4, -0.2) is 46.5 Å². The van der Waals surface area contributed by atoms with Crippen molar-refractivity contribution in [3.8, 4) is 0 Å². The Morgan fingerprint density at radius 2 is 1.67 bits per heavy atom. The molecular weight excluding hydrogens is 465 g/mol. The van der Waals surface area contributed by atoms with Crippen molar-refractivity contribution in [3.05, 3.63) is 64.4 Å². The molecule has 1 unspecified atom stereocenters. The summed E-state index contributed by atoms with van der Waals surface area (Å²) in [4.78, 5) is 14.5. The maximum absolute atomic E-state index is 15.6. The highest BCUT2D eigenvalue weighted by molar-refractivity contribution is 7.92. The molecule has 0 spiro atoms. The lowest BCUT2D eigenvalue weighted by molar-refractivity contribution is -0.132. The Labute approximate surface area is 200 Å². The summed E-state index contributed by atoms with van der Waals surface area (Å²) in [6, 6.07) is 10.5. The molecule has 1 fully saturated rings. The molecule has 1 atom stereocenters. The second-order valence-corrected chi connectivity index (χ2v) is 12.5. The molecule has 1 saturated heterocycles. The first-order chi connectivity index (χ1) is 15.3. The van der Waals surface area contributed by atoms with Gasteiger partial charge in [0.05, 0.1) is 10.8 Å². The van der Waals surface area contributed by atoms with E-state index < -0.39 is 31.7 Å². The molecule has 1 amide bonds. The third kappa shape index (κ3) is 4.81. The molecule has 2 aromatic rings. The van der Waals surface area contributed by atoms with Crippen molar-refractivity contribution in [1.29, 1.82) is 0 Å². The van der Waals surface area contributed by atoms with Crippen LogP contribution < -0.4 is 0 Å². The predicted octanol–water partition coefficient (Wildman–Crippen LogP) is 5.18. The molecule has 0 aromatic heterocycles. The zero-order valence-corrected chi connectivity index (χ0v) is 21.3. The number of hydrogen-bond donors (Lipinski definition) is 0. The van der Waals surface area contributed by atoms with Gasteiger partial charge in [-0.05, 0) is 54.2 Å². The molecule has 8 heteroatoms. The van der Waals surface area contributed by atoms with Crippen LogP contribution in [-0.2, 0) is 24.1 Å². The van der Waals surface area contributed by atoms with Crippen molar-refractivity contribution in [2.24, 2.45) is 5.41 Å². The lowest BCUT2D eigenvalue weighted by Crippen LogP contribution is -2.41. The molecule has 1 aliphatic heterocycles. The van der Waals surface area contributed by atoms with E-state index in [2.05, 4.69) is 0 Å². The number of carbonyl (C=O) groups is 1. The van der Waals surface area contributed by atoms with E-state index in [0.717, 1.165) is 0 Å². The molecule has 0 aliphatic carbocycles. The highest BCUT2D eigenvalue weighted by Crippen LogP contribution is 2.45. The van der Waals surface area contributed by atoms with Gasteiger partial charge in [0.25, 0.3) is 0 Å². The molecule has 1 heterocycles. The lowest BCUT2D eigenvalue weighted by atomic mass is 9.75. The minimum absolute atomic E-state index is 0.133. The predicted molar refractivity (Wildman–Crippen MR) is 128 cm³/mol. The number of rotatable bonds is 5. The van der Waals surface area contributed by atoms with Crippen molar-refractivity contribution >= 4 is 27.3 Å². The molecule has 0 radical (unpaired) electrons. The highest BCUT2D eigenvalue weighted by Gasteiger charge is 2.48. The quantitative estimate of drug-likeness (QED) is 0.573. The van der Waals surface area contributed by atoms with E-state index >= 15 is 4.39 Å². The summed E-state index contributed by atoms with van der Waals surface area (Å²) in [5.74, 6) is -1.50. The maximum Gasteiger partial charge on any atom is 0.230 e. The Bertz CT molecular complexity index is 1120. The van der Waals surface area contributed by atoms with Crippen LogP contribution in [0.5, 0.6) is 0 Å². The van der Waals surface area contributed by atoms with Gasteiger partial charge in [-0.1, -0.05) is 44.5 Å². The van der Waals surface area contributed by atoms with E-state index in [0.29, 0.717) is 10.6 Å². The van der Waals surface area contributed by atoms with Gasteiger partial charge in [-0.15, -0.1) is 0 Å². The Morgan fingerprint density at radius 3 is 2.15 bits per heavy atom. The summed E-state index contributed by atoms with van der Waals surface area (Å²) in [5.41, 5.74) is 0.0955. The Hall–Kier alpha value is -1.96. The van der Waals surface area contributed by atoms with Gasteiger partial charge in [0.1, 0.15) is 10.6 Å². The van der Waals surface area contributed by atoms with Crippen LogP contribution in [0.25, 0.3) is 0 Å². The summed E-state index contributed by atoms with van der Waals surface area (Å²) >= 11 is 5.96. The molecule has 5 nitrogen and oxygen atoms in total. The van der Waals surface area contributed by atoms with Gasteiger partial charge < -0.3 is 9.64 Å². The number of nitrogens with zero attached hydrogens (tertiary/aromatic N) is 1. The van der Waals surface area contributed by atoms with Crippen molar-refractivity contribution in [3.63, 3.8) is 0 Å². The number of amides is 1. The summed E-state index contributed by atoms with van der Waals surface area (Å²) < 4.78 is 47.4. The largest absolute Gasteiger partial charge is 0.381 e. The van der Waals surface area contributed by atoms with Crippen molar-refractivity contribution in [2.45, 2.75) is 49.2 Å². The molecular formula is C25H31ClFNO4S. The van der Waals surface area contributed by atoms with Crippen molar-refractivity contribution in [1.82, 2.24) is 4.90 Å². The number of carbonyl (C=O) groups excluding carboxylic acids is 1. The van der Waals surface area contributed by atoms with E-state index in [9.17, 15) is 13.2 Å². The van der Waals surface area contributed by atoms with Crippen LogP contribution >= 0.6 is 11.6 Å². The van der Waals surface area contributed by atoms with E-state index in [1.54, 1.807) is 26.2 Å². The average molecular weight is 496 g/mol. The molecule has 33 heavy (non-hydrogen) atoms. The van der Waals surface area contributed by atoms with Gasteiger partial charge in [-0.3, -0.25) is 4.79 Å². The molecule has 2 aromatic carbocycles.